The van der Waals surface area contributed by atoms with Crippen LogP contribution in [0.15, 0.2) is 42.5 Å². The van der Waals surface area contributed by atoms with Gasteiger partial charge in [0, 0.05) is 5.56 Å². The Morgan fingerprint density at radius 3 is 2.64 bits per heavy atom. The lowest BCUT2D eigenvalue weighted by atomic mass is 10.1. The molecule has 0 saturated carbocycles. The van der Waals surface area contributed by atoms with Crippen LogP contribution in [0, 0.1) is 11.3 Å². The van der Waals surface area contributed by atoms with E-state index in [1.807, 2.05) is 6.07 Å². The molecule has 3 rings (SSSR count). The van der Waals surface area contributed by atoms with Crippen LogP contribution < -0.4 is 0 Å². The van der Waals surface area contributed by atoms with E-state index >= 15 is 0 Å². The van der Waals surface area contributed by atoms with E-state index in [4.69, 9.17) is 5.26 Å². The lowest BCUT2D eigenvalue weighted by Crippen LogP contribution is -2.07. The van der Waals surface area contributed by atoms with Crippen LogP contribution in [0.3, 0.4) is 0 Å². The van der Waals surface area contributed by atoms with Gasteiger partial charge in [-0.05, 0) is 29.8 Å². The SMILES string of the molecule is N#Cc1nn[nH]c1-c1cccc(C=Cc2cccc(C(F)(F)F)n2)c1. The highest BCUT2D eigenvalue weighted by Crippen LogP contribution is 2.27. The number of alkyl halides is 3. The van der Waals surface area contributed by atoms with Crippen molar-refractivity contribution in [1.82, 2.24) is 20.4 Å². The van der Waals surface area contributed by atoms with Crippen molar-refractivity contribution in [1.29, 1.82) is 5.26 Å². The number of nitrogens with zero attached hydrogens (tertiary/aromatic N) is 4. The third kappa shape index (κ3) is 3.72. The monoisotopic (exact) mass is 341 g/mol. The van der Waals surface area contributed by atoms with Crippen LogP contribution >= 0.6 is 0 Å². The fourth-order valence-electron chi connectivity index (χ4n) is 2.19. The van der Waals surface area contributed by atoms with Crippen molar-refractivity contribution in [3.8, 4) is 17.3 Å². The third-order valence-corrected chi connectivity index (χ3v) is 3.34. The predicted molar refractivity (Wildman–Crippen MR) is 84.7 cm³/mol. The number of benzene rings is 1. The number of hydrogen-bond acceptors (Lipinski definition) is 4. The second-order valence-electron chi connectivity index (χ2n) is 5.05. The topological polar surface area (TPSA) is 78.2 Å². The van der Waals surface area contributed by atoms with Gasteiger partial charge in [0.05, 0.1) is 5.69 Å². The van der Waals surface area contributed by atoms with Gasteiger partial charge in [-0.2, -0.15) is 18.4 Å². The fraction of sp³-hybridized carbons (Fsp3) is 0.0588. The normalized spacial score (nSPS) is 11.6. The van der Waals surface area contributed by atoms with E-state index in [0.717, 1.165) is 11.6 Å². The van der Waals surface area contributed by atoms with E-state index in [2.05, 4.69) is 20.4 Å². The summed E-state index contributed by atoms with van der Waals surface area (Å²) in [4.78, 5) is 3.58. The van der Waals surface area contributed by atoms with Crippen molar-refractivity contribution in [2.75, 3.05) is 0 Å². The van der Waals surface area contributed by atoms with Gasteiger partial charge in [0.1, 0.15) is 17.5 Å². The molecule has 3 aromatic rings. The molecule has 0 fully saturated rings. The number of nitriles is 1. The van der Waals surface area contributed by atoms with E-state index < -0.39 is 11.9 Å². The average Bonchev–Trinajstić information content (AvgIpc) is 3.08. The molecule has 8 heteroatoms. The average molecular weight is 341 g/mol. The van der Waals surface area contributed by atoms with Crippen LogP contribution in [0.2, 0.25) is 0 Å². The minimum atomic E-state index is -4.48. The quantitative estimate of drug-likeness (QED) is 0.783. The number of aromatic amines is 1. The Hall–Kier alpha value is -3.47. The Labute approximate surface area is 140 Å². The summed E-state index contributed by atoms with van der Waals surface area (Å²) < 4.78 is 38.1. The smallest absolute Gasteiger partial charge is 0.256 e. The molecule has 0 aliphatic rings. The first-order valence-corrected chi connectivity index (χ1v) is 7.11. The number of hydrogen-bond donors (Lipinski definition) is 1. The summed E-state index contributed by atoms with van der Waals surface area (Å²) in [5.74, 6) is 0. The standard InChI is InChI=1S/C17H10F3N5/c18-17(19,20)15-6-2-5-13(22-15)8-7-11-3-1-4-12(9-11)16-14(10-21)23-25-24-16/h1-9H,(H,23,24,25). The van der Waals surface area contributed by atoms with Gasteiger partial charge in [-0.1, -0.05) is 35.6 Å². The largest absolute Gasteiger partial charge is 0.433 e. The van der Waals surface area contributed by atoms with Crippen LogP contribution in [-0.4, -0.2) is 20.4 Å². The zero-order chi connectivity index (χ0) is 17.9. The lowest BCUT2D eigenvalue weighted by molar-refractivity contribution is -0.141. The third-order valence-electron chi connectivity index (χ3n) is 3.34. The van der Waals surface area contributed by atoms with Crippen molar-refractivity contribution in [3.63, 3.8) is 0 Å². The van der Waals surface area contributed by atoms with Crippen molar-refractivity contribution in [3.05, 3.63) is 65.1 Å². The first-order chi connectivity index (χ1) is 12.0. The molecule has 0 saturated heterocycles. The van der Waals surface area contributed by atoms with Gasteiger partial charge in [-0.25, -0.2) is 4.98 Å². The molecule has 5 nitrogen and oxygen atoms in total. The van der Waals surface area contributed by atoms with Crippen molar-refractivity contribution in [2.24, 2.45) is 0 Å². The zero-order valence-electron chi connectivity index (χ0n) is 12.6. The van der Waals surface area contributed by atoms with Gasteiger partial charge in [0.2, 0.25) is 0 Å². The van der Waals surface area contributed by atoms with Crippen LogP contribution in [0.5, 0.6) is 0 Å². The molecule has 124 valence electrons. The Morgan fingerprint density at radius 2 is 1.88 bits per heavy atom. The van der Waals surface area contributed by atoms with Crippen molar-refractivity contribution >= 4 is 12.2 Å². The first-order valence-electron chi connectivity index (χ1n) is 7.11. The summed E-state index contributed by atoms with van der Waals surface area (Å²) in [5, 5.41) is 18.9. The number of rotatable bonds is 3. The number of aromatic nitrogens is 4. The maximum absolute atomic E-state index is 12.7. The van der Waals surface area contributed by atoms with E-state index in [1.165, 1.54) is 18.2 Å². The minimum Gasteiger partial charge on any atom is -0.256 e. The molecule has 0 bridgehead atoms. The summed E-state index contributed by atoms with van der Waals surface area (Å²) >= 11 is 0. The summed E-state index contributed by atoms with van der Waals surface area (Å²) in [7, 11) is 0. The molecule has 0 radical (unpaired) electrons. The first kappa shape index (κ1) is 16.4. The second kappa shape index (κ2) is 6.57. The second-order valence-corrected chi connectivity index (χ2v) is 5.05. The summed E-state index contributed by atoms with van der Waals surface area (Å²) in [6, 6.07) is 12.7. The van der Waals surface area contributed by atoms with E-state index in [-0.39, 0.29) is 11.4 Å². The summed E-state index contributed by atoms with van der Waals surface area (Å²) in [6.07, 6.45) is -1.35. The van der Waals surface area contributed by atoms with Crippen molar-refractivity contribution < 1.29 is 13.2 Å². The molecule has 1 aromatic carbocycles. The maximum Gasteiger partial charge on any atom is 0.433 e. The highest BCUT2D eigenvalue weighted by molar-refractivity contribution is 5.73. The Balaban J connectivity index is 1.88. The number of H-pyrrole nitrogens is 1. The molecule has 0 spiro atoms. The van der Waals surface area contributed by atoms with Gasteiger partial charge < -0.3 is 0 Å². The molecule has 0 amide bonds. The Kier molecular flexibility index (Phi) is 4.31. The van der Waals surface area contributed by atoms with Gasteiger partial charge in [-0.3, -0.25) is 5.10 Å². The van der Waals surface area contributed by atoms with Crippen LogP contribution in [0.25, 0.3) is 23.4 Å². The van der Waals surface area contributed by atoms with E-state index in [1.54, 1.807) is 30.3 Å². The molecular formula is C17H10F3N5. The molecule has 0 aliphatic heterocycles. The highest BCUT2D eigenvalue weighted by Gasteiger charge is 2.32. The van der Waals surface area contributed by atoms with Crippen molar-refractivity contribution in [2.45, 2.75) is 6.18 Å². The Morgan fingerprint density at radius 1 is 1.08 bits per heavy atom. The Bertz CT molecular complexity index is 967. The van der Waals surface area contributed by atoms with Crippen LogP contribution in [0.4, 0.5) is 13.2 Å². The molecule has 0 unspecified atom stereocenters. The van der Waals surface area contributed by atoms with Crippen LogP contribution in [0.1, 0.15) is 22.6 Å². The van der Waals surface area contributed by atoms with Crippen LogP contribution in [-0.2, 0) is 6.18 Å². The molecule has 2 heterocycles. The number of nitrogens with one attached hydrogen (secondary N) is 1. The molecule has 2 aromatic heterocycles. The van der Waals surface area contributed by atoms with Gasteiger partial charge in [-0.15, -0.1) is 5.10 Å². The molecular weight excluding hydrogens is 331 g/mol. The fourth-order valence-corrected chi connectivity index (χ4v) is 2.19. The maximum atomic E-state index is 12.7. The lowest BCUT2D eigenvalue weighted by Gasteiger charge is -2.05. The highest BCUT2D eigenvalue weighted by atomic mass is 19.4. The van der Waals surface area contributed by atoms with Gasteiger partial charge >= 0.3 is 6.18 Å². The van der Waals surface area contributed by atoms with Gasteiger partial charge in [0.25, 0.3) is 0 Å². The minimum absolute atomic E-state index is 0.167. The van der Waals surface area contributed by atoms with E-state index in [9.17, 15) is 13.2 Å². The zero-order valence-corrected chi connectivity index (χ0v) is 12.6. The summed E-state index contributed by atoms with van der Waals surface area (Å²) in [5.41, 5.74) is 1.33. The summed E-state index contributed by atoms with van der Waals surface area (Å²) in [6.45, 7) is 0. The molecule has 0 aliphatic carbocycles. The number of pyridine rings is 1. The molecule has 0 atom stereocenters. The molecule has 1 N–H and O–H groups in total. The predicted octanol–water partition coefficient (Wildman–Crippen LogP) is 3.93. The van der Waals surface area contributed by atoms with E-state index in [0.29, 0.717) is 11.3 Å². The van der Waals surface area contributed by atoms with Gasteiger partial charge in [0.15, 0.2) is 5.69 Å². The number of halogens is 3. The molecule has 25 heavy (non-hydrogen) atoms.